The fourth-order valence-corrected chi connectivity index (χ4v) is 3.10. The summed E-state index contributed by atoms with van der Waals surface area (Å²) in [4.78, 5) is 0. The first-order valence-electron chi connectivity index (χ1n) is 11.0. The van der Waals surface area contributed by atoms with Gasteiger partial charge < -0.3 is 29.6 Å². The Kier molecular flexibility index (Phi) is 10.2. The van der Waals surface area contributed by atoms with Gasteiger partial charge in [-0.15, -0.1) is 0 Å². The Balaban J connectivity index is 1.42. The molecule has 2 aromatic rings. The van der Waals surface area contributed by atoms with Crippen molar-refractivity contribution in [1.82, 2.24) is 0 Å². The first-order chi connectivity index (χ1) is 14.9. The van der Waals surface area contributed by atoms with Crippen LogP contribution >= 0.6 is 0 Å². The van der Waals surface area contributed by atoms with Gasteiger partial charge in [-0.3, -0.25) is 0 Å². The van der Waals surface area contributed by atoms with Crippen LogP contribution in [-0.4, -0.2) is 52.7 Å². The van der Waals surface area contributed by atoms with Crippen LogP contribution in [0.25, 0.3) is 0 Å². The summed E-state index contributed by atoms with van der Waals surface area (Å²) in [5.74, 6) is 1.74. The molecular weight excluding hydrogens is 380 g/mol. The molecule has 30 heavy (non-hydrogen) atoms. The van der Waals surface area contributed by atoms with Crippen molar-refractivity contribution in [2.24, 2.45) is 0 Å². The average molecular weight is 415 g/mol. The molecule has 0 amide bonds. The largest absolute Gasteiger partial charge is 0.491 e. The lowest BCUT2D eigenvalue weighted by Gasteiger charge is -2.11. The van der Waals surface area contributed by atoms with Gasteiger partial charge >= 0.3 is 0 Å². The molecule has 0 aliphatic carbocycles. The molecule has 6 nitrogen and oxygen atoms in total. The van der Waals surface area contributed by atoms with Crippen molar-refractivity contribution in [2.75, 3.05) is 63.4 Å². The molecular formula is C24H34N2O4. The van der Waals surface area contributed by atoms with Gasteiger partial charge in [0.2, 0.25) is 0 Å². The van der Waals surface area contributed by atoms with Crippen molar-refractivity contribution in [3.63, 3.8) is 0 Å². The maximum absolute atomic E-state index is 5.74. The molecule has 4 heterocycles. The lowest BCUT2D eigenvalue weighted by atomic mass is 10.2. The van der Waals surface area contributed by atoms with Gasteiger partial charge in [-0.1, -0.05) is 0 Å². The second kappa shape index (κ2) is 13.7. The normalized spacial score (nSPS) is 17.9. The quantitative estimate of drug-likeness (QED) is 0.658. The van der Waals surface area contributed by atoms with Gasteiger partial charge in [0.25, 0.3) is 0 Å². The van der Waals surface area contributed by atoms with Crippen molar-refractivity contribution in [3.05, 3.63) is 48.5 Å². The zero-order chi connectivity index (χ0) is 20.7. The smallest absolute Gasteiger partial charge is 0.119 e. The molecule has 4 aliphatic rings. The highest BCUT2D eigenvalue weighted by atomic mass is 16.5. The Labute approximate surface area is 179 Å². The van der Waals surface area contributed by atoms with Crippen LogP contribution in [0.4, 0.5) is 11.4 Å². The Morgan fingerprint density at radius 3 is 1.33 bits per heavy atom. The summed E-state index contributed by atoms with van der Waals surface area (Å²) in [6.45, 7) is 5.71. The standard InChI is InChI=1S/C24H34N2O4/c1-3-15-27-17-19-29-24-11-7-22(8-12-24)26-14-2-4-16-28-18-20-30-23-9-5-21(6-10-23)25-13-1/h5-12,25-26H,1-4,13-20H2. The fraction of sp³-hybridized carbons (Fsp3) is 0.500. The number of hydrogen-bond donors (Lipinski definition) is 2. The van der Waals surface area contributed by atoms with E-state index in [2.05, 4.69) is 10.6 Å². The summed E-state index contributed by atoms with van der Waals surface area (Å²) in [7, 11) is 0. The van der Waals surface area contributed by atoms with E-state index in [-0.39, 0.29) is 0 Å². The number of rotatable bonds is 0. The average Bonchev–Trinajstić information content (AvgIpc) is 2.78. The topological polar surface area (TPSA) is 61.0 Å². The minimum atomic E-state index is 0.569. The van der Waals surface area contributed by atoms with E-state index in [0.29, 0.717) is 26.4 Å². The van der Waals surface area contributed by atoms with Crippen LogP contribution in [0.2, 0.25) is 0 Å². The summed E-state index contributed by atoms with van der Waals surface area (Å²) in [6, 6.07) is 16.2. The molecule has 0 spiro atoms. The van der Waals surface area contributed by atoms with E-state index in [4.69, 9.17) is 18.9 Å². The lowest BCUT2D eigenvalue weighted by Crippen LogP contribution is -2.10. The van der Waals surface area contributed by atoms with Crippen LogP contribution in [0.5, 0.6) is 11.5 Å². The van der Waals surface area contributed by atoms with E-state index in [1.807, 2.05) is 48.5 Å². The monoisotopic (exact) mass is 414 g/mol. The molecule has 2 aromatic carbocycles. The maximum atomic E-state index is 5.74. The highest BCUT2D eigenvalue weighted by Gasteiger charge is 1.99. The molecule has 0 unspecified atom stereocenters. The Morgan fingerprint density at radius 2 is 0.900 bits per heavy atom. The van der Waals surface area contributed by atoms with Gasteiger partial charge in [-0.05, 0) is 74.2 Å². The van der Waals surface area contributed by atoms with Crippen LogP contribution in [0.1, 0.15) is 25.7 Å². The Bertz CT molecular complexity index is 572. The van der Waals surface area contributed by atoms with Gasteiger partial charge in [-0.25, -0.2) is 0 Å². The van der Waals surface area contributed by atoms with E-state index in [0.717, 1.165) is 74.9 Å². The van der Waals surface area contributed by atoms with Crippen LogP contribution in [0, 0.1) is 0 Å². The Morgan fingerprint density at radius 1 is 0.467 bits per heavy atom. The number of anilines is 2. The molecule has 6 rings (SSSR count). The molecule has 164 valence electrons. The summed E-state index contributed by atoms with van der Waals surface area (Å²) >= 11 is 0. The molecule has 0 saturated heterocycles. The van der Waals surface area contributed by atoms with Crippen LogP contribution in [0.15, 0.2) is 48.5 Å². The summed E-state index contributed by atoms with van der Waals surface area (Å²) in [6.07, 6.45) is 4.17. The predicted octanol–water partition coefficient (Wildman–Crippen LogP) is 4.58. The molecule has 6 heteroatoms. The molecule has 0 radical (unpaired) electrons. The lowest BCUT2D eigenvalue weighted by molar-refractivity contribution is 0.0978. The molecule has 0 saturated carbocycles. The van der Waals surface area contributed by atoms with E-state index < -0.39 is 0 Å². The van der Waals surface area contributed by atoms with Gasteiger partial charge in [-0.2, -0.15) is 0 Å². The fourth-order valence-electron chi connectivity index (χ4n) is 3.10. The highest BCUT2D eigenvalue weighted by molar-refractivity contribution is 5.47. The maximum Gasteiger partial charge on any atom is 0.119 e. The van der Waals surface area contributed by atoms with Gasteiger partial charge in [0.15, 0.2) is 0 Å². The first-order valence-corrected chi connectivity index (χ1v) is 11.0. The van der Waals surface area contributed by atoms with Crippen molar-refractivity contribution in [2.45, 2.75) is 25.7 Å². The minimum Gasteiger partial charge on any atom is -0.491 e. The van der Waals surface area contributed by atoms with E-state index in [1.54, 1.807) is 0 Å². The van der Waals surface area contributed by atoms with Crippen LogP contribution < -0.4 is 20.1 Å². The first kappa shape index (κ1) is 22.2. The molecule has 0 fully saturated rings. The third-order valence-electron chi connectivity index (χ3n) is 4.79. The predicted molar refractivity (Wildman–Crippen MR) is 121 cm³/mol. The molecule has 4 bridgehead atoms. The van der Waals surface area contributed by atoms with Crippen LogP contribution in [0.3, 0.4) is 0 Å². The zero-order valence-electron chi connectivity index (χ0n) is 17.7. The second-order valence-corrected chi connectivity index (χ2v) is 7.24. The summed E-state index contributed by atoms with van der Waals surface area (Å²) in [5.41, 5.74) is 2.21. The highest BCUT2D eigenvalue weighted by Crippen LogP contribution is 2.17. The van der Waals surface area contributed by atoms with Gasteiger partial charge in [0.05, 0.1) is 13.2 Å². The van der Waals surface area contributed by atoms with E-state index in [9.17, 15) is 0 Å². The van der Waals surface area contributed by atoms with Gasteiger partial charge in [0, 0.05) is 37.7 Å². The summed E-state index contributed by atoms with van der Waals surface area (Å²) in [5, 5.41) is 6.86. The Hall–Kier alpha value is -2.44. The molecule has 0 atom stereocenters. The molecule has 0 aromatic heterocycles. The van der Waals surface area contributed by atoms with Crippen molar-refractivity contribution in [3.8, 4) is 11.5 Å². The third-order valence-corrected chi connectivity index (χ3v) is 4.79. The summed E-state index contributed by atoms with van der Waals surface area (Å²) < 4.78 is 22.8. The van der Waals surface area contributed by atoms with Crippen molar-refractivity contribution in [1.29, 1.82) is 0 Å². The zero-order valence-corrected chi connectivity index (χ0v) is 17.7. The second-order valence-electron chi connectivity index (χ2n) is 7.24. The van der Waals surface area contributed by atoms with E-state index in [1.165, 1.54) is 0 Å². The SMILES string of the molecule is c1cc2ccc1NCCCCOCCOc1ccc(cc1)NCCCCOCCO2. The minimum absolute atomic E-state index is 0.569. The number of ether oxygens (including phenoxy) is 4. The molecule has 2 N–H and O–H groups in total. The number of nitrogens with one attached hydrogen (secondary N) is 2. The molecule has 4 aliphatic heterocycles. The van der Waals surface area contributed by atoms with Crippen LogP contribution in [-0.2, 0) is 9.47 Å². The van der Waals surface area contributed by atoms with Gasteiger partial charge in [0.1, 0.15) is 24.7 Å². The van der Waals surface area contributed by atoms with Crippen molar-refractivity contribution >= 4 is 11.4 Å². The van der Waals surface area contributed by atoms with Crippen molar-refractivity contribution < 1.29 is 18.9 Å². The third kappa shape index (κ3) is 8.93. The van der Waals surface area contributed by atoms with E-state index >= 15 is 0 Å². The number of hydrogen-bond acceptors (Lipinski definition) is 6. The number of benzene rings is 2.